The van der Waals surface area contributed by atoms with Gasteiger partial charge in [0.15, 0.2) is 0 Å². The summed E-state index contributed by atoms with van der Waals surface area (Å²) < 4.78 is 0. The molecule has 0 fully saturated rings. The van der Waals surface area contributed by atoms with E-state index in [9.17, 15) is 9.59 Å². The summed E-state index contributed by atoms with van der Waals surface area (Å²) in [6, 6.07) is -0.272. The van der Waals surface area contributed by atoms with Gasteiger partial charge in [0.2, 0.25) is 0 Å². The van der Waals surface area contributed by atoms with Crippen LogP contribution in [-0.4, -0.2) is 39.5 Å². The van der Waals surface area contributed by atoms with Gasteiger partial charge < -0.3 is 10.0 Å². The van der Waals surface area contributed by atoms with E-state index in [4.69, 9.17) is 39.9 Å². The Kier molecular flexibility index (Phi) is 6.05. The third kappa shape index (κ3) is 3.75. The monoisotopic (exact) mass is 338 g/mol. The van der Waals surface area contributed by atoms with E-state index in [1.807, 2.05) is 6.92 Å². The minimum absolute atomic E-state index is 0.0195. The molecule has 0 radical (unpaired) electrons. The van der Waals surface area contributed by atoms with Crippen molar-refractivity contribution in [2.24, 2.45) is 0 Å². The number of hydrogen-bond donors (Lipinski definition) is 1. The summed E-state index contributed by atoms with van der Waals surface area (Å²) >= 11 is 17.6. The van der Waals surface area contributed by atoms with Crippen molar-refractivity contribution in [2.45, 2.75) is 26.3 Å². The maximum atomic E-state index is 12.4. The van der Waals surface area contributed by atoms with Crippen LogP contribution in [0, 0.1) is 0 Å². The Morgan fingerprint density at radius 2 is 1.95 bits per heavy atom. The fraction of sp³-hybridized carbons (Fsp3) is 0.417. The van der Waals surface area contributed by atoms with Crippen LogP contribution < -0.4 is 0 Å². The van der Waals surface area contributed by atoms with E-state index < -0.39 is 18.4 Å². The first-order valence-electron chi connectivity index (χ1n) is 5.81. The lowest BCUT2D eigenvalue weighted by molar-refractivity contribution is -0.138. The fourth-order valence-corrected chi connectivity index (χ4v) is 2.08. The molecule has 0 aliphatic heterocycles. The Balaban J connectivity index is 3.19. The molecular formula is C12H13Cl3N2O3. The first-order valence-corrected chi connectivity index (χ1v) is 6.95. The first kappa shape index (κ1) is 17.0. The number of rotatable bonds is 5. The Morgan fingerprint density at radius 1 is 1.35 bits per heavy atom. The highest BCUT2D eigenvalue weighted by molar-refractivity contribution is 6.48. The summed E-state index contributed by atoms with van der Waals surface area (Å²) in [5, 5.41) is 8.96. The first-order chi connectivity index (χ1) is 9.29. The molecule has 0 aliphatic carbocycles. The Hall–Kier alpha value is -1.04. The zero-order valence-corrected chi connectivity index (χ0v) is 13.1. The lowest BCUT2D eigenvalue weighted by atomic mass is 10.2. The van der Waals surface area contributed by atoms with E-state index >= 15 is 0 Å². The van der Waals surface area contributed by atoms with E-state index in [1.165, 1.54) is 11.1 Å². The molecule has 0 saturated heterocycles. The average Bonchev–Trinajstić information content (AvgIpc) is 2.40. The maximum absolute atomic E-state index is 12.4. The molecule has 1 unspecified atom stereocenters. The molecule has 1 N–H and O–H groups in total. The summed E-state index contributed by atoms with van der Waals surface area (Å²) in [6.07, 6.45) is 1.80. The van der Waals surface area contributed by atoms with Gasteiger partial charge >= 0.3 is 5.97 Å². The van der Waals surface area contributed by atoms with E-state index in [-0.39, 0.29) is 26.8 Å². The van der Waals surface area contributed by atoms with Crippen molar-refractivity contribution >= 4 is 46.7 Å². The molecule has 0 aromatic carbocycles. The molecule has 1 aromatic rings. The number of amides is 1. The molecule has 0 saturated carbocycles. The normalized spacial score (nSPS) is 12.1. The highest BCUT2D eigenvalue weighted by Gasteiger charge is 2.27. The number of carbonyl (C=O) groups is 2. The molecule has 1 rings (SSSR count). The standard InChI is InChI=1S/C12H13Cl3N2O3/c1-3-6(2)17(5-8(18)19)12(20)11-10(15)9(14)7(13)4-16-11/h4,6H,3,5H2,1-2H3,(H,18,19). The number of nitrogens with zero attached hydrogens (tertiary/aromatic N) is 2. The van der Waals surface area contributed by atoms with Gasteiger partial charge in [-0.05, 0) is 13.3 Å². The lowest BCUT2D eigenvalue weighted by Gasteiger charge is -2.26. The highest BCUT2D eigenvalue weighted by atomic mass is 35.5. The second-order valence-electron chi connectivity index (χ2n) is 4.17. The van der Waals surface area contributed by atoms with Crippen molar-refractivity contribution in [3.63, 3.8) is 0 Å². The van der Waals surface area contributed by atoms with E-state index in [0.29, 0.717) is 6.42 Å². The maximum Gasteiger partial charge on any atom is 0.323 e. The quantitative estimate of drug-likeness (QED) is 0.893. The van der Waals surface area contributed by atoms with Gasteiger partial charge in [-0.15, -0.1) is 0 Å². The predicted molar refractivity (Wildman–Crippen MR) is 77.7 cm³/mol. The Bertz CT molecular complexity index is 537. The second kappa shape index (κ2) is 7.11. The van der Waals surface area contributed by atoms with Crippen molar-refractivity contribution in [1.29, 1.82) is 0 Å². The smallest absolute Gasteiger partial charge is 0.323 e. The summed E-state index contributed by atoms with van der Waals surface area (Å²) in [7, 11) is 0. The molecule has 0 bridgehead atoms. The zero-order chi connectivity index (χ0) is 15.4. The number of aliphatic carboxylic acids is 1. The molecular weight excluding hydrogens is 327 g/mol. The Labute approximate surface area is 131 Å². The topological polar surface area (TPSA) is 70.5 Å². The van der Waals surface area contributed by atoms with Crippen LogP contribution in [0.3, 0.4) is 0 Å². The van der Waals surface area contributed by atoms with Crippen molar-refractivity contribution < 1.29 is 14.7 Å². The van der Waals surface area contributed by atoms with Crippen molar-refractivity contribution in [2.75, 3.05) is 6.54 Å². The van der Waals surface area contributed by atoms with Gasteiger partial charge in [0.1, 0.15) is 12.2 Å². The van der Waals surface area contributed by atoms with E-state index in [1.54, 1.807) is 6.92 Å². The van der Waals surface area contributed by atoms with E-state index in [0.717, 1.165) is 0 Å². The van der Waals surface area contributed by atoms with Crippen LogP contribution in [0.2, 0.25) is 15.1 Å². The second-order valence-corrected chi connectivity index (χ2v) is 5.33. The van der Waals surface area contributed by atoms with Crippen LogP contribution in [0.15, 0.2) is 6.20 Å². The summed E-state index contributed by atoms with van der Waals surface area (Å²) in [6.45, 7) is 3.15. The third-order valence-corrected chi connectivity index (χ3v) is 4.05. The van der Waals surface area contributed by atoms with Gasteiger partial charge in [-0.3, -0.25) is 9.59 Å². The molecule has 20 heavy (non-hydrogen) atoms. The van der Waals surface area contributed by atoms with Crippen LogP contribution in [0.5, 0.6) is 0 Å². The van der Waals surface area contributed by atoms with Crippen LogP contribution in [0.25, 0.3) is 0 Å². The van der Waals surface area contributed by atoms with Crippen LogP contribution >= 0.6 is 34.8 Å². The van der Waals surface area contributed by atoms with Gasteiger partial charge in [0.05, 0.1) is 15.1 Å². The molecule has 1 heterocycles. The number of carbonyl (C=O) groups excluding carboxylic acids is 1. The molecule has 1 atom stereocenters. The minimum atomic E-state index is -1.12. The molecule has 110 valence electrons. The average molecular weight is 340 g/mol. The Morgan fingerprint density at radius 3 is 2.45 bits per heavy atom. The molecule has 5 nitrogen and oxygen atoms in total. The van der Waals surface area contributed by atoms with Crippen molar-refractivity contribution in [3.8, 4) is 0 Å². The third-order valence-electron chi connectivity index (χ3n) is 2.81. The van der Waals surface area contributed by atoms with Gasteiger partial charge in [0.25, 0.3) is 5.91 Å². The van der Waals surface area contributed by atoms with Gasteiger partial charge in [-0.2, -0.15) is 0 Å². The molecule has 0 spiro atoms. The number of halogens is 3. The van der Waals surface area contributed by atoms with Gasteiger partial charge in [0, 0.05) is 12.2 Å². The lowest BCUT2D eigenvalue weighted by Crippen LogP contribution is -2.42. The molecule has 1 aromatic heterocycles. The van der Waals surface area contributed by atoms with E-state index in [2.05, 4.69) is 4.98 Å². The van der Waals surface area contributed by atoms with Crippen LogP contribution in [0.4, 0.5) is 0 Å². The number of carboxylic acids is 1. The van der Waals surface area contributed by atoms with Crippen molar-refractivity contribution in [3.05, 3.63) is 27.0 Å². The van der Waals surface area contributed by atoms with Crippen LogP contribution in [0.1, 0.15) is 30.8 Å². The summed E-state index contributed by atoms with van der Waals surface area (Å²) in [5.41, 5.74) is -0.109. The zero-order valence-electron chi connectivity index (χ0n) is 10.9. The number of hydrogen-bond acceptors (Lipinski definition) is 3. The number of carboxylic acid groups (broad SMARTS) is 1. The molecule has 8 heteroatoms. The fourth-order valence-electron chi connectivity index (χ4n) is 1.52. The van der Waals surface area contributed by atoms with Gasteiger partial charge in [-0.1, -0.05) is 41.7 Å². The molecule has 1 amide bonds. The predicted octanol–water partition coefficient (Wildman–Crippen LogP) is 3.37. The largest absolute Gasteiger partial charge is 0.480 e. The summed E-state index contributed by atoms with van der Waals surface area (Å²) in [4.78, 5) is 28.3. The van der Waals surface area contributed by atoms with Crippen molar-refractivity contribution in [1.82, 2.24) is 9.88 Å². The molecule has 0 aliphatic rings. The number of pyridine rings is 1. The SMILES string of the molecule is CCC(C)N(CC(=O)O)C(=O)c1ncc(Cl)c(Cl)c1Cl. The highest BCUT2D eigenvalue weighted by Crippen LogP contribution is 2.31. The number of aromatic nitrogens is 1. The van der Waals surface area contributed by atoms with Gasteiger partial charge in [-0.25, -0.2) is 4.98 Å². The minimum Gasteiger partial charge on any atom is -0.480 e. The van der Waals surface area contributed by atoms with Crippen LogP contribution in [-0.2, 0) is 4.79 Å². The summed E-state index contributed by atoms with van der Waals surface area (Å²) in [5.74, 6) is -1.71.